The number of aryl methyl sites for hydroxylation is 1. The van der Waals surface area contributed by atoms with Gasteiger partial charge in [-0.15, -0.1) is 0 Å². The first-order chi connectivity index (χ1) is 9.70. The molecule has 0 aliphatic heterocycles. The Morgan fingerprint density at radius 1 is 1.25 bits per heavy atom. The van der Waals surface area contributed by atoms with Crippen LogP contribution in [0.5, 0.6) is 0 Å². The first kappa shape index (κ1) is 12.3. The van der Waals surface area contributed by atoms with Gasteiger partial charge >= 0.3 is 0 Å². The van der Waals surface area contributed by atoms with Crippen molar-refractivity contribution in [1.29, 1.82) is 0 Å². The van der Waals surface area contributed by atoms with Gasteiger partial charge in [0.05, 0.1) is 11.9 Å². The maximum Gasteiger partial charge on any atom is 0.164 e. The summed E-state index contributed by atoms with van der Waals surface area (Å²) in [5.74, 6) is 0.364. The van der Waals surface area contributed by atoms with Crippen molar-refractivity contribution in [3.63, 3.8) is 0 Å². The second kappa shape index (κ2) is 4.73. The van der Waals surface area contributed by atoms with Crippen LogP contribution in [-0.2, 0) is 11.3 Å². The van der Waals surface area contributed by atoms with Gasteiger partial charge in [0.25, 0.3) is 0 Å². The summed E-state index contributed by atoms with van der Waals surface area (Å²) in [6.07, 6.45) is 2.16. The van der Waals surface area contributed by atoms with Gasteiger partial charge < -0.3 is 10.5 Å². The molecule has 0 fully saturated rings. The van der Waals surface area contributed by atoms with Crippen LogP contribution >= 0.6 is 0 Å². The Morgan fingerprint density at radius 2 is 2.00 bits per heavy atom. The number of hydrogen-bond acceptors (Lipinski definition) is 5. The number of hydrogen-bond donors (Lipinski definition) is 1. The molecule has 6 nitrogen and oxygen atoms in total. The largest absolute Gasteiger partial charge is 0.383 e. The maximum atomic E-state index is 10.8. The van der Waals surface area contributed by atoms with Gasteiger partial charge in [0, 0.05) is 5.56 Å². The molecule has 0 spiro atoms. The van der Waals surface area contributed by atoms with Crippen molar-refractivity contribution in [2.24, 2.45) is 0 Å². The molecule has 1 aromatic carbocycles. The minimum absolute atomic E-state index is 0.138. The lowest BCUT2D eigenvalue weighted by Crippen LogP contribution is -2.02. The molecule has 6 heteroatoms. The molecule has 2 heterocycles. The average Bonchev–Trinajstić information content (AvgIpc) is 2.81. The third-order valence-corrected chi connectivity index (χ3v) is 3.13. The number of nitrogens with zero attached hydrogens (tertiary/aromatic N) is 4. The second-order valence-electron chi connectivity index (χ2n) is 4.52. The van der Waals surface area contributed by atoms with E-state index in [1.165, 1.54) is 11.0 Å². The van der Waals surface area contributed by atoms with Gasteiger partial charge in [-0.05, 0) is 6.92 Å². The highest BCUT2D eigenvalue weighted by atomic mass is 16.1. The predicted octanol–water partition coefficient (Wildman–Crippen LogP) is 1.58. The summed E-state index contributed by atoms with van der Waals surface area (Å²) >= 11 is 0. The molecule has 20 heavy (non-hydrogen) atoms. The minimum Gasteiger partial charge on any atom is -0.383 e. The van der Waals surface area contributed by atoms with Crippen LogP contribution in [0.1, 0.15) is 5.56 Å². The van der Waals surface area contributed by atoms with Crippen molar-refractivity contribution < 1.29 is 4.79 Å². The molecule has 3 rings (SSSR count). The van der Waals surface area contributed by atoms with Crippen LogP contribution in [0, 0.1) is 6.92 Å². The fourth-order valence-corrected chi connectivity index (χ4v) is 2.14. The molecule has 2 aromatic heterocycles. The highest BCUT2D eigenvalue weighted by Gasteiger charge is 2.16. The Bertz CT molecular complexity index is 776. The number of aldehydes is 1. The van der Waals surface area contributed by atoms with Gasteiger partial charge in [-0.2, -0.15) is 5.10 Å². The van der Waals surface area contributed by atoms with Gasteiger partial charge in [0.15, 0.2) is 5.65 Å². The molecule has 0 saturated heterocycles. The molecule has 0 radical (unpaired) electrons. The van der Waals surface area contributed by atoms with Crippen LogP contribution in [0.2, 0.25) is 0 Å². The number of aromatic nitrogens is 4. The van der Waals surface area contributed by atoms with E-state index in [2.05, 4.69) is 15.1 Å². The molecular formula is C14H13N5O. The fourth-order valence-electron chi connectivity index (χ4n) is 2.14. The second-order valence-corrected chi connectivity index (χ2v) is 4.52. The standard InChI is InChI=1S/C14H13N5O/c1-9-2-4-10(5-3-9)12-11-13(15)16-8-17-14(11)19(18-12)6-7-20/h2-5,7-8H,6H2,1H3,(H2,15,16,17). The van der Waals surface area contributed by atoms with Crippen LogP contribution in [0.15, 0.2) is 30.6 Å². The van der Waals surface area contributed by atoms with Crippen LogP contribution in [0.4, 0.5) is 5.82 Å². The Hall–Kier alpha value is -2.76. The van der Waals surface area contributed by atoms with Gasteiger partial charge in [0.2, 0.25) is 0 Å². The number of anilines is 1. The summed E-state index contributed by atoms with van der Waals surface area (Å²) in [5.41, 5.74) is 9.29. The number of rotatable bonds is 3. The maximum absolute atomic E-state index is 10.8. The van der Waals surface area contributed by atoms with E-state index in [4.69, 9.17) is 5.73 Å². The number of benzene rings is 1. The van der Waals surface area contributed by atoms with Crippen LogP contribution in [-0.4, -0.2) is 26.0 Å². The Labute approximate surface area is 115 Å². The first-order valence-electron chi connectivity index (χ1n) is 6.18. The molecule has 0 bridgehead atoms. The van der Waals surface area contributed by atoms with Gasteiger partial charge in [-0.25, -0.2) is 14.6 Å². The van der Waals surface area contributed by atoms with E-state index < -0.39 is 0 Å². The van der Waals surface area contributed by atoms with Gasteiger partial charge in [-0.3, -0.25) is 0 Å². The fraction of sp³-hybridized carbons (Fsp3) is 0.143. The highest BCUT2D eigenvalue weighted by Crippen LogP contribution is 2.29. The molecule has 0 atom stereocenters. The molecule has 2 N–H and O–H groups in total. The predicted molar refractivity (Wildman–Crippen MR) is 76.0 cm³/mol. The molecule has 100 valence electrons. The highest BCUT2D eigenvalue weighted by molar-refractivity contribution is 5.98. The smallest absolute Gasteiger partial charge is 0.164 e. The summed E-state index contributed by atoms with van der Waals surface area (Å²) in [6.45, 7) is 2.16. The molecule has 0 saturated carbocycles. The third-order valence-electron chi connectivity index (χ3n) is 3.13. The van der Waals surface area contributed by atoms with Crippen molar-refractivity contribution in [1.82, 2.24) is 19.7 Å². The SMILES string of the molecule is Cc1ccc(-c2nn(CC=O)c3ncnc(N)c23)cc1. The van der Waals surface area contributed by atoms with Crippen molar-refractivity contribution >= 4 is 23.1 Å². The lowest BCUT2D eigenvalue weighted by atomic mass is 10.1. The Morgan fingerprint density at radius 3 is 2.70 bits per heavy atom. The number of fused-ring (bicyclic) bond motifs is 1. The minimum atomic E-state index is 0.138. The number of nitrogens with two attached hydrogens (primary N) is 1. The van der Waals surface area contributed by atoms with E-state index in [1.807, 2.05) is 31.2 Å². The average molecular weight is 267 g/mol. The summed E-state index contributed by atoms with van der Waals surface area (Å²) in [6, 6.07) is 7.93. The summed E-state index contributed by atoms with van der Waals surface area (Å²) in [4.78, 5) is 18.9. The van der Waals surface area contributed by atoms with E-state index in [-0.39, 0.29) is 6.54 Å². The summed E-state index contributed by atoms with van der Waals surface area (Å²) < 4.78 is 1.54. The zero-order chi connectivity index (χ0) is 14.1. The van der Waals surface area contributed by atoms with E-state index in [1.54, 1.807) is 0 Å². The van der Waals surface area contributed by atoms with Crippen molar-refractivity contribution in [2.75, 3.05) is 5.73 Å². The zero-order valence-corrected chi connectivity index (χ0v) is 10.9. The normalized spacial score (nSPS) is 10.8. The molecule has 0 aliphatic carbocycles. The Balaban J connectivity index is 2.29. The molecule has 0 amide bonds. The van der Waals surface area contributed by atoms with Gasteiger partial charge in [0.1, 0.15) is 24.1 Å². The number of carbonyl (C=O) groups excluding carboxylic acids is 1. The quantitative estimate of drug-likeness (QED) is 0.728. The van der Waals surface area contributed by atoms with Crippen LogP contribution in [0.3, 0.4) is 0 Å². The molecule has 0 aliphatic rings. The lowest BCUT2D eigenvalue weighted by molar-refractivity contribution is -0.108. The van der Waals surface area contributed by atoms with Crippen LogP contribution < -0.4 is 5.73 Å². The molecule has 0 unspecified atom stereocenters. The monoisotopic (exact) mass is 267 g/mol. The van der Waals surface area contributed by atoms with E-state index in [9.17, 15) is 4.79 Å². The van der Waals surface area contributed by atoms with E-state index >= 15 is 0 Å². The van der Waals surface area contributed by atoms with Gasteiger partial charge in [-0.1, -0.05) is 29.8 Å². The summed E-state index contributed by atoms with van der Waals surface area (Å²) in [7, 11) is 0. The third kappa shape index (κ3) is 1.91. The van der Waals surface area contributed by atoms with Crippen molar-refractivity contribution in [3.8, 4) is 11.3 Å². The van der Waals surface area contributed by atoms with Crippen molar-refractivity contribution in [2.45, 2.75) is 13.5 Å². The van der Waals surface area contributed by atoms with E-state index in [0.717, 1.165) is 17.4 Å². The first-order valence-corrected chi connectivity index (χ1v) is 6.18. The Kier molecular flexibility index (Phi) is 2.90. The van der Waals surface area contributed by atoms with Crippen molar-refractivity contribution in [3.05, 3.63) is 36.2 Å². The molecule has 3 aromatic rings. The number of carbonyl (C=O) groups is 1. The lowest BCUT2D eigenvalue weighted by Gasteiger charge is -1.99. The number of nitrogen functional groups attached to an aromatic ring is 1. The van der Waals surface area contributed by atoms with Crippen LogP contribution in [0.25, 0.3) is 22.3 Å². The van der Waals surface area contributed by atoms with E-state index in [0.29, 0.717) is 22.5 Å². The zero-order valence-electron chi connectivity index (χ0n) is 10.9. The summed E-state index contributed by atoms with van der Waals surface area (Å²) in [5, 5.41) is 5.12. The topological polar surface area (TPSA) is 86.7 Å². The molecular weight excluding hydrogens is 254 g/mol.